The second-order valence-electron chi connectivity index (χ2n) is 4.92. The van der Waals surface area contributed by atoms with Crippen LogP contribution in [-0.2, 0) is 6.42 Å². The van der Waals surface area contributed by atoms with E-state index in [-0.39, 0.29) is 4.83 Å². The second kappa shape index (κ2) is 5.94. The maximum absolute atomic E-state index is 5.88. The van der Waals surface area contributed by atoms with E-state index in [0.29, 0.717) is 0 Å². The van der Waals surface area contributed by atoms with Crippen LogP contribution in [0, 0.1) is 0 Å². The number of rotatable bonds is 4. The Morgan fingerprint density at radius 1 is 1.05 bits per heavy atom. The van der Waals surface area contributed by atoms with E-state index in [0.717, 1.165) is 29.1 Å². The molecule has 0 N–H and O–H groups in total. The highest BCUT2D eigenvalue weighted by molar-refractivity contribution is 9.09. The molecule has 1 unspecified atom stereocenters. The highest BCUT2D eigenvalue weighted by Crippen LogP contribution is 2.38. The third-order valence-electron chi connectivity index (χ3n) is 3.69. The molecule has 1 heterocycles. The van der Waals surface area contributed by atoms with Crippen LogP contribution >= 0.6 is 15.9 Å². The molecule has 2 nitrogen and oxygen atoms in total. The maximum Gasteiger partial charge on any atom is 0.126 e. The number of furan rings is 1. The monoisotopic (exact) mass is 344 g/mol. The summed E-state index contributed by atoms with van der Waals surface area (Å²) in [5, 5.41) is 2.29. The van der Waals surface area contributed by atoms with Crippen molar-refractivity contribution < 1.29 is 9.15 Å². The van der Waals surface area contributed by atoms with Crippen molar-refractivity contribution in [2.45, 2.75) is 18.2 Å². The molecule has 108 valence electrons. The van der Waals surface area contributed by atoms with Crippen LogP contribution < -0.4 is 4.74 Å². The molecule has 1 aromatic heterocycles. The molecule has 0 saturated carbocycles. The first-order chi connectivity index (χ1) is 10.2. The Labute approximate surface area is 132 Å². The third-order valence-corrected chi connectivity index (χ3v) is 4.64. The Morgan fingerprint density at radius 3 is 2.48 bits per heavy atom. The van der Waals surface area contributed by atoms with E-state index < -0.39 is 0 Å². The fourth-order valence-corrected chi connectivity index (χ4v) is 3.21. The van der Waals surface area contributed by atoms with Crippen molar-refractivity contribution in [3.8, 4) is 5.75 Å². The molecule has 2 aromatic carbocycles. The third kappa shape index (κ3) is 2.58. The van der Waals surface area contributed by atoms with Gasteiger partial charge in [-0.2, -0.15) is 0 Å². The summed E-state index contributed by atoms with van der Waals surface area (Å²) in [6.45, 7) is 2.09. The number of fused-ring (bicyclic) bond motifs is 1. The van der Waals surface area contributed by atoms with Gasteiger partial charge in [-0.1, -0.05) is 53.2 Å². The average molecular weight is 345 g/mol. The van der Waals surface area contributed by atoms with E-state index >= 15 is 0 Å². The van der Waals surface area contributed by atoms with Crippen molar-refractivity contribution in [3.63, 3.8) is 0 Å². The van der Waals surface area contributed by atoms with Gasteiger partial charge in [0.1, 0.15) is 17.3 Å². The Morgan fingerprint density at radius 2 is 1.81 bits per heavy atom. The summed E-state index contributed by atoms with van der Waals surface area (Å²) < 4.78 is 11.3. The topological polar surface area (TPSA) is 22.4 Å². The zero-order valence-electron chi connectivity index (χ0n) is 12.1. The standard InChI is InChI=1S/C18H17BrO2/c1-3-12-8-10-17(21-12)18(19)15-9-11-16(20-2)14-7-5-4-6-13(14)15/h4-11,18H,3H2,1-2H3. The summed E-state index contributed by atoms with van der Waals surface area (Å²) in [6.07, 6.45) is 0.906. The minimum atomic E-state index is 0.0357. The second-order valence-corrected chi connectivity index (χ2v) is 5.84. The summed E-state index contributed by atoms with van der Waals surface area (Å²) in [5.41, 5.74) is 1.18. The molecule has 0 spiro atoms. The highest BCUT2D eigenvalue weighted by atomic mass is 79.9. The number of aryl methyl sites for hydroxylation is 1. The lowest BCUT2D eigenvalue weighted by atomic mass is 10.0. The number of alkyl halides is 1. The molecule has 0 bridgehead atoms. The minimum Gasteiger partial charge on any atom is -0.496 e. The van der Waals surface area contributed by atoms with E-state index in [2.05, 4.69) is 41.1 Å². The van der Waals surface area contributed by atoms with Crippen LogP contribution in [0.2, 0.25) is 0 Å². The molecule has 21 heavy (non-hydrogen) atoms. The molecular formula is C18H17BrO2. The first kappa shape index (κ1) is 14.2. The van der Waals surface area contributed by atoms with Gasteiger partial charge in [0.15, 0.2) is 0 Å². The predicted molar refractivity (Wildman–Crippen MR) is 89.4 cm³/mol. The number of hydrogen-bond acceptors (Lipinski definition) is 2. The van der Waals surface area contributed by atoms with E-state index in [1.807, 2.05) is 30.3 Å². The van der Waals surface area contributed by atoms with E-state index in [9.17, 15) is 0 Å². The summed E-state index contributed by atoms with van der Waals surface area (Å²) in [6, 6.07) is 16.4. The Hall–Kier alpha value is -1.74. The van der Waals surface area contributed by atoms with Gasteiger partial charge >= 0.3 is 0 Å². The molecule has 0 saturated heterocycles. The van der Waals surface area contributed by atoms with Crippen LogP contribution in [0.1, 0.15) is 28.8 Å². The van der Waals surface area contributed by atoms with Gasteiger partial charge in [-0.3, -0.25) is 0 Å². The van der Waals surface area contributed by atoms with Crippen molar-refractivity contribution in [1.82, 2.24) is 0 Å². The zero-order valence-corrected chi connectivity index (χ0v) is 13.7. The predicted octanol–water partition coefficient (Wildman–Crippen LogP) is 5.49. The lowest BCUT2D eigenvalue weighted by molar-refractivity contribution is 0.419. The average Bonchev–Trinajstić information content (AvgIpc) is 3.02. The number of ether oxygens (including phenoxy) is 1. The zero-order chi connectivity index (χ0) is 14.8. The number of benzene rings is 2. The molecule has 0 fully saturated rings. The van der Waals surface area contributed by atoms with Crippen LogP contribution in [0.25, 0.3) is 10.8 Å². The molecule has 1 atom stereocenters. The van der Waals surface area contributed by atoms with Gasteiger partial charge < -0.3 is 9.15 Å². The largest absolute Gasteiger partial charge is 0.496 e. The van der Waals surface area contributed by atoms with Crippen LogP contribution in [0.15, 0.2) is 52.9 Å². The summed E-state index contributed by atoms with van der Waals surface area (Å²) >= 11 is 3.77. The molecule has 3 rings (SSSR count). The quantitative estimate of drug-likeness (QED) is 0.584. The van der Waals surface area contributed by atoms with Crippen molar-refractivity contribution >= 4 is 26.7 Å². The lowest BCUT2D eigenvalue weighted by Crippen LogP contribution is -1.94. The first-order valence-corrected chi connectivity index (χ1v) is 7.94. The smallest absolute Gasteiger partial charge is 0.126 e. The van der Waals surface area contributed by atoms with E-state index in [4.69, 9.17) is 9.15 Å². The molecule has 0 aliphatic carbocycles. The van der Waals surface area contributed by atoms with Gasteiger partial charge in [0, 0.05) is 11.8 Å². The molecule has 0 aliphatic rings. The number of hydrogen-bond donors (Lipinski definition) is 0. The highest BCUT2D eigenvalue weighted by Gasteiger charge is 2.18. The number of methoxy groups -OCH3 is 1. The molecule has 3 aromatic rings. The summed E-state index contributed by atoms with van der Waals surface area (Å²) in [5.74, 6) is 2.83. The lowest BCUT2D eigenvalue weighted by Gasteiger charge is -2.13. The Bertz CT molecular complexity index is 761. The van der Waals surface area contributed by atoms with Crippen molar-refractivity contribution in [3.05, 3.63) is 65.6 Å². The summed E-state index contributed by atoms with van der Waals surface area (Å²) in [7, 11) is 1.70. The first-order valence-electron chi connectivity index (χ1n) is 7.03. The SMILES string of the molecule is CCc1ccc(C(Br)c2ccc(OC)c3ccccc23)o1. The number of halogens is 1. The molecule has 0 radical (unpaired) electrons. The van der Waals surface area contributed by atoms with Crippen LogP contribution in [0.5, 0.6) is 5.75 Å². The van der Waals surface area contributed by atoms with Gasteiger partial charge in [-0.05, 0) is 29.1 Å². The Balaban J connectivity index is 2.11. The summed E-state index contributed by atoms with van der Waals surface area (Å²) in [4.78, 5) is 0.0357. The van der Waals surface area contributed by atoms with E-state index in [1.165, 1.54) is 10.9 Å². The van der Waals surface area contributed by atoms with Gasteiger partial charge in [-0.25, -0.2) is 0 Å². The molecule has 0 amide bonds. The van der Waals surface area contributed by atoms with Crippen molar-refractivity contribution in [2.75, 3.05) is 7.11 Å². The van der Waals surface area contributed by atoms with Crippen molar-refractivity contribution in [1.29, 1.82) is 0 Å². The van der Waals surface area contributed by atoms with Crippen LogP contribution in [0.3, 0.4) is 0 Å². The van der Waals surface area contributed by atoms with Gasteiger partial charge in [0.05, 0.1) is 11.9 Å². The molecule has 3 heteroatoms. The van der Waals surface area contributed by atoms with Crippen LogP contribution in [0.4, 0.5) is 0 Å². The van der Waals surface area contributed by atoms with Crippen molar-refractivity contribution in [2.24, 2.45) is 0 Å². The van der Waals surface area contributed by atoms with Crippen LogP contribution in [-0.4, -0.2) is 7.11 Å². The Kier molecular flexibility index (Phi) is 4.02. The van der Waals surface area contributed by atoms with E-state index in [1.54, 1.807) is 7.11 Å². The van der Waals surface area contributed by atoms with Gasteiger partial charge in [-0.15, -0.1) is 0 Å². The maximum atomic E-state index is 5.88. The molecule has 0 aliphatic heterocycles. The normalized spacial score (nSPS) is 12.5. The van der Waals surface area contributed by atoms with Gasteiger partial charge in [0.2, 0.25) is 0 Å². The fourth-order valence-electron chi connectivity index (χ4n) is 2.57. The fraction of sp³-hybridized carbons (Fsp3) is 0.222. The minimum absolute atomic E-state index is 0.0357. The van der Waals surface area contributed by atoms with Gasteiger partial charge in [0.25, 0.3) is 0 Å². The molecular weight excluding hydrogens is 328 g/mol.